The average molecular weight is 704 g/mol. The molecule has 2 aliphatic heterocycles. The Morgan fingerprint density at radius 2 is 1.66 bits per heavy atom. The van der Waals surface area contributed by atoms with Crippen LogP contribution in [0.2, 0.25) is 0 Å². The van der Waals surface area contributed by atoms with Crippen LogP contribution in [0.4, 0.5) is 0 Å². The van der Waals surface area contributed by atoms with Gasteiger partial charge in [-0.3, -0.25) is 33.7 Å². The molecule has 2 aliphatic rings. The summed E-state index contributed by atoms with van der Waals surface area (Å²) in [7, 11) is 2.93. The maximum absolute atomic E-state index is 14.1. The molecule has 0 aliphatic carbocycles. The zero-order chi connectivity index (χ0) is 38.2. The first-order valence-electron chi connectivity index (χ1n) is 17.9. The van der Waals surface area contributed by atoms with Crippen LogP contribution in [0.5, 0.6) is 0 Å². The Bertz CT molecular complexity index is 1310. The molecule has 50 heavy (non-hydrogen) atoms. The topological polar surface area (TPSA) is 168 Å². The molecule has 9 atom stereocenters. The molecule has 0 spiro atoms. The van der Waals surface area contributed by atoms with E-state index in [1.54, 1.807) is 53.8 Å². The predicted molar refractivity (Wildman–Crippen MR) is 190 cm³/mol. The van der Waals surface area contributed by atoms with E-state index in [1.807, 2.05) is 6.92 Å². The van der Waals surface area contributed by atoms with E-state index in [1.165, 1.54) is 29.8 Å². The van der Waals surface area contributed by atoms with Crippen LogP contribution in [0, 0.1) is 17.8 Å². The smallest absolute Gasteiger partial charge is 0.253 e. The quantitative estimate of drug-likeness (QED) is 0.163. The lowest BCUT2D eigenvalue weighted by Gasteiger charge is -2.38. The van der Waals surface area contributed by atoms with Gasteiger partial charge in [-0.1, -0.05) is 71.6 Å². The van der Waals surface area contributed by atoms with Crippen molar-refractivity contribution in [3.8, 4) is 0 Å². The molecular weight excluding hydrogens is 642 g/mol. The first-order chi connectivity index (χ1) is 23.2. The monoisotopic (exact) mass is 703 g/mol. The SMILES string of the molecule is CCCCC(C)CC(C)C(=O)N(C)C(C=C(C)C)C(=O)NC(C(=O)N(C)C(C(=O)N1CC(O)CC1C(=O)N1C(=O)C=CC1C)C(C)C)C(C)O. The van der Waals surface area contributed by atoms with Gasteiger partial charge in [0.15, 0.2) is 0 Å². The number of hydrogen-bond acceptors (Lipinski definition) is 8. The van der Waals surface area contributed by atoms with Crippen LogP contribution >= 0.6 is 0 Å². The van der Waals surface area contributed by atoms with Gasteiger partial charge in [0.1, 0.15) is 24.2 Å². The molecule has 2 heterocycles. The number of β-amino-alcohol motifs (C(OH)–C–C–N with tert-alkyl or cyclic N) is 1. The molecular formula is C37H61N5O8. The lowest BCUT2D eigenvalue weighted by molar-refractivity contribution is -0.155. The molecule has 3 N–H and O–H groups in total. The highest BCUT2D eigenvalue weighted by atomic mass is 16.3. The van der Waals surface area contributed by atoms with Gasteiger partial charge in [-0.05, 0) is 46.0 Å². The maximum Gasteiger partial charge on any atom is 0.253 e. The zero-order valence-electron chi connectivity index (χ0n) is 31.9. The van der Waals surface area contributed by atoms with Crippen molar-refractivity contribution in [2.24, 2.45) is 17.8 Å². The van der Waals surface area contributed by atoms with E-state index in [-0.39, 0.29) is 24.8 Å². The number of rotatable bonds is 16. The Labute approximate surface area is 298 Å². The summed E-state index contributed by atoms with van der Waals surface area (Å²) in [5.74, 6) is -3.84. The van der Waals surface area contributed by atoms with Crippen LogP contribution in [0.25, 0.3) is 0 Å². The fraction of sp³-hybridized carbons (Fsp3) is 0.730. The highest BCUT2D eigenvalue weighted by Crippen LogP contribution is 2.27. The number of aliphatic hydroxyl groups excluding tert-OH is 2. The van der Waals surface area contributed by atoms with E-state index in [4.69, 9.17) is 0 Å². The summed E-state index contributed by atoms with van der Waals surface area (Å²) in [5.41, 5.74) is 0.772. The first-order valence-corrected chi connectivity index (χ1v) is 17.9. The third kappa shape index (κ3) is 10.5. The fourth-order valence-electron chi connectivity index (χ4n) is 6.94. The lowest BCUT2D eigenvalue weighted by atomic mass is 9.92. The van der Waals surface area contributed by atoms with Gasteiger partial charge in [0, 0.05) is 39.1 Å². The second-order valence-electron chi connectivity index (χ2n) is 14.9. The van der Waals surface area contributed by atoms with Crippen molar-refractivity contribution in [3.05, 3.63) is 23.8 Å². The van der Waals surface area contributed by atoms with Crippen molar-refractivity contribution < 1.29 is 39.0 Å². The van der Waals surface area contributed by atoms with Gasteiger partial charge in [-0.2, -0.15) is 0 Å². The van der Waals surface area contributed by atoms with Crippen LogP contribution in [0.3, 0.4) is 0 Å². The van der Waals surface area contributed by atoms with Crippen LogP contribution in [-0.4, -0.2) is 128 Å². The summed E-state index contributed by atoms with van der Waals surface area (Å²) in [5, 5.41) is 23.9. The molecule has 9 unspecified atom stereocenters. The molecule has 2 rings (SSSR count). The van der Waals surface area contributed by atoms with E-state index in [0.29, 0.717) is 12.3 Å². The standard InChI is InChI=1S/C37H61N5O8/c1-12-13-14-23(6)18-24(7)34(47)39(10)28(17-21(2)3)33(46)38-31(26(9)43)36(49)40(11)32(22(4)5)37(50)41-20-27(44)19-29(41)35(48)42-25(8)15-16-30(42)45/h15-17,22-29,31-32,43-44H,12-14,18-20H2,1-11H3,(H,38,46). The van der Waals surface area contributed by atoms with Gasteiger partial charge in [-0.15, -0.1) is 0 Å². The van der Waals surface area contributed by atoms with Crippen LogP contribution < -0.4 is 5.32 Å². The van der Waals surface area contributed by atoms with Crippen LogP contribution in [0.1, 0.15) is 94.4 Å². The number of carbonyl (C=O) groups is 6. The Hall–Kier alpha value is -3.58. The summed E-state index contributed by atoms with van der Waals surface area (Å²) in [6.07, 6.45) is 5.86. The van der Waals surface area contributed by atoms with Crippen LogP contribution in [-0.2, 0) is 28.8 Å². The summed E-state index contributed by atoms with van der Waals surface area (Å²) >= 11 is 0. The number of hydrogen-bond donors (Lipinski definition) is 3. The third-order valence-corrected chi connectivity index (χ3v) is 9.69. The first kappa shape index (κ1) is 42.6. The molecule has 13 heteroatoms. The number of aliphatic hydroxyl groups is 2. The Morgan fingerprint density at radius 3 is 2.16 bits per heavy atom. The molecule has 1 fully saturated rings. The van der Waals surface area contributed by atoms with Crippen molar-refractivity contribution in [1.29, 1.82) is 0 Å². The fourth-order valence-corrected chi connectivity index (χ4v) is 6.94. The summed E-state index contributed by atoms with van der Waals surface area (Å²) in [6.45, 7) is 16.0. The van der Waals surface area contributed by atoms with Crippen LogP contribution in [0.15, 0.2) is 23.8 Å². The predicted octanol–water partition coefficient (Wildman–Crippen LogP) is 2.26. The maximum atomic E-state index is 14.1. The van der Waals surface area contributed by atoms with E-state index < -0.39 is 77.9 Å². The van der Waals surface area contributed by atoms with Crippen molar-refractivity contribution in [2.45, 2.75) is 137 Å². The highest BCUT2D eigenvalue weighted by Gasteiger charge is 2.47. The van der Waals surface area contributed by atoms with E-state index >= 15 is 0 Å². The number of likely N-dealkylation sites (N-methyl/N-ethyl adjacent to an activating group) is 2. The number of unbranched alkanes of at least 4 members (excludes halogenated alkanes) is 1. The molecule has 0 bridgehead atoms. The molecule has 0 aromatic heterocycles. The minimum atomic E-state index is -1.47. The second kappa shape index (κ2) is 18.6. The number of amides is 6. The van der Waals surface area contributed by atoms with Gasteiger partial charge in [0.25, 0.3) is 11.8 Å². The number of likely N-dealkylation sites (tertiary alicyclic amines) is 1. The van der Waals surface area contributed by atoms with E-state index in [0.717, 1.165) is 34.6 Å². The molecule has 6 amide bonds. The number of carbonyl (C=O) groups excluding carboxylic acids is 6. The average Bonchev–Trinajstić information content (AvgIpc) is 3.60. The van der Waals surface area contributed by atoms with Crippen molar-refractivity contribution >= 4 is 35.4 Å². The molecule has 13 nitrogen and oxygen atoms in total. The summed E-state index contributed by atoms with van der Waals surface area (Å²) < 4.78 is 0. The van der Waals surface area contributed by atoms with Crippen molar-refractivity contribution in [3.63, 3.8) is 0 Å². The van der Waals surface area contributed by atoms with E-state index in [2.05, 4.69) is 19.2 Å². The Kier molecular flexibility index (Phi) is 15.8. The normalized spacial score (nSPS) is 22.4. The third-order valence-electron chi connectivity index (χ3n) is 9.69. The van der Waals surface area contributed by atoms with Crippen molar-refractivity contribution in [2.75, 3.05) is 20.6 Å². The molecule has 0 saturated carbocycles. The molecule has 0 radical (unpaired) electrons. The minimum absolute atomic E-state index is 0.0653. The number of imide groups is 1. The van der Waals surface area contributed by atoms with E-state index in [9.17, 15) is 39.0 Å². The number of allylic oxidation sites excluding steroid dienone is 1. The van der Waals surface area contributed by atoms with Gasteiger partial charge in [0.2, 0.25) is 23.6 Å². The molecule has 1 saturated heterocycles. The molecule has 0 aromatic carbocycles. The zero-order valence-corrected chi connectivity index (χ0v) is 31.9. The van der Waals surface area contributed by atoms with Gasteiger partial charge < -0.3 is 30.2 Å². The lowest BCUT2D eigenvalue weighted by Crippen LogP contribution is -2.62. The number of nitrogens with one attached hydrogen (secondary N) is 1. The minimum Gasteiger partial charge on any atom is -0.391 e. The summed E-state index contributed by atoms with van der Waals surface area (Å²) in [6, 6.07) is -5.30. The summed E-state index contributed by atoms with van der Waals surface area (Å²) in [4.78, 5) is 86.2. The van der Waals surface area contributed by atoms with Gasteiger partial charge in [-0.25, -0.2) is 0 Å². The largest absolute Gasteiger partial charge is 0.391 e. The van der Waals surface area contributed by atoms with Gasteiger partial charge >= 0.3 is 0 Å². The second-order valence-corrected chi connectivity index (χ2v) is 14.9. The van der Waals surface area contributed by atoms with Gasteiger partial charge in [0.05, 0.1) is 18.2 Å². The van der Waals surface area contributed by atoms with Crippen molar-refractivity contribution in [1.82, 2.24) is 24.9 Å². The Morgan fingerprint density at radius 1 is 1.04 bits per heavy atom. The number of nitrogens with zero attached hydrogens (tertiary/aromatic N) is 4. The molecule has 282 valence electrons. The molecule has 0 aromatic rings. The highest BCUT2D eigenvalue weighted by molar-refractivity contribution is 6.06. The Balaban J connectivity index is 2.32.